The summed E-state index contributed by atoms with van der Waals surface area (Å²) in [4.78, 5) is 16.2. The molecule has 0 saturated heterocycles. The molecule has 1 fully saturated rings. The molecule has 0 bridgehead atoms. The molecule has 0 atom stereocenters. The van der Waals surface area contributed by atoms with Crippen molar-refractivity contribution in [1.82, 2.24) is 4.98 Å². The third-order valence-corrected chi connectivity index (χ3v) is 4.42. The lowest BCUT2D eigenvalue weighted by atomic mass is 10.1. The lowest BCUT2D eigenvalue weighted by Crippen LogP contribution is -2.13. The van der Waals surface area contributed by atoms with Crippen LogP contribution in [0.3, 0.4) is 0 Å². The third kappa shape index (κ3) is 4.25. The van der Waals surface area contributed by atoms with Crippen molar-refractivity contribution < 1.29 is 9.53 Å². The van der Waals surface area contributed by atoms with Gasteiger partial charge in [0.25, 0.3) is 5.91 Å². The van der Waals surface area contributed by atoms with Crippen molar-refractivity contribution in [2.45, 2.75) is 25.7 Å². The Hall–Kier alpha value is -2.56. The van der Waals surface area contributed by atoms with E-state index in [-0.39, 0.29) is 5.91 Å². The van der Waals surface area contributed by atoms with Crippen LogP contribution in [0.1, 0.15) is 36.0 Å². The minimum Gasteiger partial charge on any atom is -0.481 e. The molecule has 5 nitrogen and oxygen atoms in total. The summed E-state index contributed by atoms with van der Waals surface area (Å²) in [5.74, 6) is 1.10. The van der Waals surface area contributed by atoms with Crippen molar-refractivity contribution in [2.75, 3.05) is 24.3 Å². The highest BCUT2D eigenvalue weighted by molar-refractivity contribution is 6.04. The number of rotatable bonds is 6. The zero-order valence-electron chi connectivity index (χ0n) is 13.9. The van der Waals surface area contributed by atoms with Gasteiger partial charge < -0.3 is 15.4 Å². The molecule has 0 aliphatic heterocycles. The average Bonchev–Trinajstić information content (AvgIpc) is 3.15. The van der Waals surface area contributed by atoms with E-state index in [9.17, 15) is 4.79 Å². The molecular weight excluding hydrogens is 302 g/mol. The molecule has 0 radical (unpaired) electrons. The summed E-state index contributed by atoms with van der Waals surface area (Å²) in [6.07, 6.45) is 6.88. The van der Waals surface area contributed by atoms with E-state index in [0.29, 0.717) is 11.4 Å². The molecule has 2 aromatic rings. The number of pyridine rings is 1. The van der Waals surface area contributed by atoms with Crippen molar-refractivity contribution in [3.63, 3.8) is 0 Å². The molecule has 1 amide bonds. The van der Waals surface area contributed by atoms with Gasteiger partial charge in [0.2, 0.25) is 5.88 Å². The highest BCUT2D eigenvalue weighted by Gasteiger charge is 2.14. The topological polar surface area (TPSA) is 63.2 Å². The smallest absolute Gasteiger partial charge is 0.257 e. The summed E-state index contributed by atoms with van der Waals surface area (Å²) in [5, 5.41) is 6.35. The first-order chi connectivity index (χ1) is 11.7. The van der Waals surface area contributed by atoms with Gasteiger partial charge in [-0.3, -0.25) is 4.79 Å². The summed E-state index contributed by atoms with van der Waals surface area (Å²) < 4.78 is 4.99. The number of nitrogens with zero attached hydrogens (tertiary/aromatic N) is 1. The summed E-state index contributed by atoms with van der Waals surface area (Å²) in [6, 6.07) is 11.2. The first kappa shape index (κ1) is 16.3. The van der Waals surface area contributed by atoms with Crippen molar-refractivity contribution in [3.05, 3.63) is 48.2 Å². The Kier molecular flexibility index (Phi) is 5.31. The van der Waals surface area contributed by atoms with Gasteiger partial charge in [-0.25, -0.2) is 4.98 Å². The van der Waals surface area contributed by atoms with E-state index in [0.717, 1.165) is 23.8 Å². The van der Waals surface area contributed by atoms with E-state index in [1.807, 2.05) is 24.3 Å². The lowest BCUT2D eigenvalue weighted by Gasteiger charge is -2.12. The normalized spacial score (nSPS) is 14.4. The molecule has 1 aliphatic rings. The molecule has 2 N–H and O–H groups in total. The summed E-state index contributed by atoms with van der Waals surface area (Å²) in [7, 11) is 1.55. The van der Waals surface area contributed by atoms with Crippen molar-refractivity contribution in [1.29, 1.82) is 0 Å². The van der Waals surface area contributed by atoms with Crippen molar-refractivity contribution in [3.8, 4) is 5.88 Å². The number of hydrogen-bond donors (Lipinski definition) is 2. The monoisotopic (exact) mass is 325 g/mol. The van der Waals surface area contributed by atoms with E-state index in [2.05, 4.69) is 15.6 Å². The first-order valence-electron chi connectivity index (χ1n) is 8.40. The van der Waals surface area contributed by atoms with Crippen LogP contribution in [0.25, 0.3) is 0 Å². The van der Waals surface area contributed by atoms with Crippen molar-refractivity contribution in [2.24, 2.45) is 5.92 Å². The van der Waals surface area contributed by atoms with Crippen LogP contribution in [0.2, 0.25) is 0 Å². The fraction of sp³-hybridized carbons (Fsp3) is 0.368. The Balaban J connectivity index is 1.53. The first-order valence-corrected chi connectivity index (χ1v) is 8.40. The molecule has 3 rings (SSSR count). The fourth-order valence-electron chi connectivity index (χ4n) is 2.99. The van der Waals surface area contributed by atoms with Gasteiger partial charge in [0.1, 0.15) is 0 Å². The Morgan fingerprint density at radius 1 is 1.12 bits per heavy atom. The van der Waals surface area contributed by atoms with Gasteiger partial charge >= 0.3 is 0 Å². The molecule has 1 heterocycles. The highest BCUT2D eigenvalue weighted by Crippen LogP contribution is 2.25. The van der Waals surface area contributed by atoms with Crippen LogP contribution in [-0.2, 0) is 0 Å². The number of amides is 1. The minimum absolute atomic E-state index is 0.184. The van der Waals surface area contributed by atoms with E-state index in [1.165, 1.54) is 31.9 Å². The van der Waals surface area contributed by atoms with Crippen LogP contribution in [0, 0.1) is 5.92 Å². The maximum absolute atomic E-state index is 12.2. The Labute approximate surface area is 142 Å². The summed E-state index contributed by atoms with van der Waals surface area (Å²) in [6.45, 7) is 1.03. The number of aromatic nitrogens is 1. The van der Waals surface area contributed by atoms with Gasteiger partial charge in [0, 0.05) is 30.2 Å². The second-order valence-corrected chi connectivity index (χ2v) is 6.15. The van der Waals surface area contributed by atoms with Gasteiger partial charge in [-0.2, -0.15) is 0 Å². The van der Waals surface area contributed by atoms with Crippen molar-refractivity contribution >= 4 is 17.3 Å². The molecule has 1 aliphatic carbocycles. The number of nitrogens with one attached hydrogen (secondary N) is 2. The zero-order valence-corrected chi connectivity index (χ0v) is 13.9. The molecule has 126 valence electrons. The highest BCUT2D eigenvalue weighted by atomic mass is 16.5. The van der Waals surface area contributed by atoms with E-state index in [4.69, 9.17) is 4.74 Å². The second-order valence-electron chi connectivity index (χ2n) is 6.15. The molecule has 1 aromatic heterocycles. The van der Waals surface area contributed by atoms with Crippen LogP contribution in [-0.4, -0.2) is 24.5 Å². The predicted molar refractivity (Wildman–Crippen MR) is 95.6 cm³/mol. The number of carbonyl (C=O) groups is 1. The Morgan fingerprint density at radius 2 is 1.83 bits per heavy atom. The largest absolute Gasteiger partial charge is 0.481 e. The van der Waals surface area contributed by atoms with Crippen LogP contribution < -0.4 is 15.4 Å². The molecule has 24 heavy (non-hydrogen) atoms. The second kappa shape index (κ2) is 7.81. The third-order valence-electron chi connectivity index (χ3n) is 4.42. The molecule has 5 heteroatoms. The Morgan fingerprint density at radius 3 is 2.46 bits per heavy atom. The predicted octanol–water partition coefficient (Wildman–Crippen LogP) is 3.94. The number of carbonyl (C=O) groups excluding carboxylic acids is 1. The number of benzene rings is 1. The van der Waals surface area contributed by atoms with Gasteiger partial charge in [-0.15, -0.1) is 0 Å². The lowest BCUT2D eigenvalue weighted by molar-refractivity contribution is 0.102. The summed E-state index contributed by atoms with van der Waals surface area (Å²) in [5.41, 5.74) is 2.35. The average molecular weight is 325 g/mol. The van der Waals surface area contributed by atoms with Gasteiger partial charge in [-0.05, 0) is 49.1 Å². The van der Waals surface area contributed by atoms with Crippen LogP contribution in [0.4, 0.5) is 11.4 Å². The van der Waals surface area contributed by atoms with E-state index >= 15 is 0 Å². The number of hydrogen-bond acceptors (Lipinski definition) is 4. The quantitative estimate of drug-likeness (QED) is 0.844. The number of methoxy groups -OCH3 is 1. The van der Waals surface area contributed by atoms with Crippen LogP contribution in [0.5, 0.6) is 5.88 Å². The SMILES string of the molecule is COc1ccc(C(=O)Nc2ccc(NCC3CCCC3)cc2)cn1. The van der Waals surface area contributed by atoms with Crippen LogP contribution in [0.15, 0.2) is 42.6 Å². The molecular formula is C19H23N3O2. The Bertz CT molecular complexity index is 662. The maximum Gasteiger partial charge on any atom is 0.257 e. The fourth-order valence-corrected chi connectivity index (χ4v) is 2.99. The molecule has 1 aromatic carbocycles. The number of ether oxygens (including phenoxy) is 1. The van der Waals surface area contributed by atoms with Gasteiger partial charge in [0.15, 0.2) is 0 Å². The molecule has 1 saturated carbocycles. The molecule has 0 spiro atoms. The van der Waals surface area contributed by atoms with E-state index < -0.39 is 0 Å². The maximum atomic E-state index is 12.2. The van der Waals surface area contributed by atoms with Gasteiger partial charge in [0.05, 0.1) is 12.7 Å². The molecule has 0 unspecified atom stereocenters. The number of anilines is 2. The van der Waals surface area contributed by atoms with Crippen LogP contribution >= 0.6 is 0 Å². The van der Waals surface area contributed by atoms with Gasteiger partial charge in [-0.1, -0.05) is 12.8 Å². The minimum atomic E-state index is -0.184. The standard InChI is InChI=1S/C19H23N3O2/c1-24-18-11-6-15(13-21-18)19(23)22-17-9-7-16(8-10-17)20-12-14-4-2-3-5-14/h6-11,13-14,20H,2-5,12H2,1H3,(H,22,23). The summed E-state index contributed by atoms with van der Waals surface area (Å²) >= 11 is 0. The zero-order chi connectivity index (χ0) is 16.8. The van der Waals surface area contributed by atoms with E-state index in [1.54, 1.807) is 19.2 Å².